The van der Waals surface area contributed by atoms with Gasteiger partial charge in [-0.25, -0.2) is 0 Å². The Bertz CT molecular complexity index is 2920. The Morgan fingerprint density at radius 2 is 0.867 bits per heavy atom. The molecule has 396 valence electrons. The number of nitrogens with two attached hydrogens (primary N) is 4. The number of aryl methyl sites for hydroxylation is 1. The fourth-order valence-electron chi connectivity index (χ4n) is 9.65. The first-order valence-corrected chi connectivity index (χ1v) is 26.1. The van der Waals surface area contributed by atoms with Crippen LogP contribution in [0.25, 0.3) is 65.9 Å². The van der Waals surface area contributed by atoms with Crippen LogP contribution < -0.4 is 95.7 Å². The van der Waals surface area contributed by atoms with Gasteiger partial charge in [0.1, 0.15) is 6.54 Å². The lowest BCUT2D eigenvalue weighted by Crippen LogP contribution is -3.00. The van der Waals surface area contributed by atoms with Gasteiger partial charge in [0.15, 0.2) is 6.61 Å². The molecule has 0 radical (unpaired) electrons. The number of hydrogen-bond acceptors (Lipinski definition) is 9. The number of ether oxygens (including phenoxy) is 2. The van der Waals surface area contributed by atoms with E-state index < -0.39 is 0 Å². The van der Waals surface area contributed by atoms with Crippen molar-refractivity contribution in [2.75, 3.05) is 69.1 Å². The molecular weight excluding hydrogens is 1170 g/mol. The highest BCUT2D eigenvalue weighted by molar-refractivity contribution is 6.11. The third-order valence-corrected chi connectivity index (χ3v) is 13.3. The standard InChI is InChI=1S/C60H70N8O5.2HI/c61-45-23-27-49-51-29-25-47(63)41-55(51)67(59(53(49)39-45)43-17-6-3-7-18-43)33-13-5-10-21-57(69)66-32-16-35-72-38-37-71-34-14-2-1-12-31-65-58(70)22-11-15-36-73-68-56-42-48(64)26-30-52(56)50-28-24-46(62)40-54(50)60(68)44-19-8-4-9-20-44;;/h3-4,6-9,17-20,23-30,39-42,63-64H,1-2,5,10-16,21-22,31-38,61-62H2,(H2,65,66,69,70);2*1H. The van der Waals surface area contributed by atoms with Crippen LogP contribution in [0.2, 0.25) is 0 Å². The van der Waals surface area contributed by atoms with Crippen molar-refractivity contribution < 1.29 is 81.2 Å². The third-order valence-electron chi connectivity index (χ3n) is 13.3. The maximum Gasteiger partial charge on any atom is 0.273 e. The fourth-order valence-corrected chi connectivity index (χ4v) is 9.65. The van der Waals surface area contributed by atoms with Gasteiger partial charge < -0.3 is 91.0 Å². The van der Waals surface area contributed by atoms with Gasteiger partial charge in [0.25, 0.3) is 11.2 Å². The molecule has 10 N–H and O–H groups in total. The molecule has 8 aromatic rings. The monoisotopic (exact) mass is 1240 g/mol. The number of pyridine rings is 2. The molecule has 8 rings (SSSR count). The summed E-state index contributed by atoms with van der Waals surface area (Å²) in [5.41, 5.74) is 34.1. The first-order chi connectivity index (χ1) is 35.7. The highest BCUT2D eigenvalue weighted by Gasteiger charge is 2.27. The number of nitrogens with zero attached hydrogens (tertiary/aromatic N) is 2. The summed E-state index contributed by atoms with van der Waals surface area (Å²) < 4.78 is 15.7. The molecule has 75 heavy (non-hydrogen) atoms. The molecule has 0 fully saturated rings. The Balaban J connectivity index is 0.00000457. The number of benzene rings is 6. The number of rotatable bonds is 28. The summed E-state index contributed by atoms with van der Waals surface area (Å²) in [5.74, 6) is 0.135. The Labute approximate surface area is 475 Å². The first kappa shape index (κ1) is 58.2. The maximum absolute atomic E-state index is 12.6. The summed E-state index contributed by atoms with van der Waals surface area (Å²) in [6.07, 6.45) is 9.75. The number of anilines is 4. The van der Waals surface area contributed by atoms with Crippen molar-refractivity contribution in [3.63, 3.8) is 0 Å². The van der Waals surface area contributed by atoms with Gasteiger partial charge in [-0.3, -0.25) is 14.4 Å². The van der Waals surface area contributed by atoms with E-state index in [1.165, 1.54) is 0 Å². The van der Waals surface area contributed by atoms with Crippen LogP contribution in [0.15, 0.2) is 133 Å². The van der Waals surface area contributed by atoms with E-state index in [9.17, 15) is 9.59 Å². The van der Waals surface area contributed by atoms with Gasteiger partial charge in [-0.1, -0.05) is 61.4 Å². The fraction of sp³-hybridized carbons (Fsp3) is 0.333. The summed E-state index contributed by atoms with van der Waals surface area (Å²) in [6.45, 7) is 4.82. The number of carbonyl (C=O) groups excluding carboxylic acids is 2. The lowest BCUT2D eigenvalue weighted by Gasteiger charge is -2.13. The zero-order chi connectivity index (χ0) is 50.8. The van der Waals surface area contributed by atoms with Crippen LogP contribution in [0.5, 0.6) is 0 Å². The topological polar surface area (TPSA) is 198 Å². The third kappa shape index (κ3) is 16.0. The van der Waals surface area contributed by atoms with E-state index in [1.54, 1.807) is 0 Å². The van der Waals surface area contributed by atoms with Crippen molar-refractivity contribution in [3.8, 4) is 22.5 Å². The highest BCUT2D eigenvalue weighted by Crippen LogP contribution is 2.35. The number of nitrogens with one attached hydrogen (secondary N) is 2. The number of aromatic nitrogens is 2. The van der Waals surface area contributed by atoms with Crippen LogP contribution in [0, 0.1) is 0 Å². The molecular formula is C60H72I2N8O5. The van der Waals surface area contributed by atoms with Crippen molar-refractivity contribution in [2.45, 2.75) is 83.6 Å². The number of carbonyl (C=O) groups is 2. The Morgan fingerprint density at radius 1 is 0.413 bits per heavy atom. The predicted octanol–water partition coefficient (Wildman–Crippen LogP) is 3.62. The van der Waals surface area contributed by atoms with E-state index >= 15 is 0 Å². The lowest BCUT2D eigenvalue weighted by molar-refractivity contribution is -0.862. The molecule has 0 unspecified atom stereocenters. The molecule has 2 amide bonds. The summed E-state index contributed by atoms with van der Waals surface area (Å²) in [4.78, 5) is 31.7. The molecule has 0 atom stereocenters. The van der Waals surface area contributed by atoms with E-state index in [4.69, 9.17) is 37.2 Å². The number of unbranched alkanes of at least 4 members (excludes halogenated alkanes) is 6. The van der Waals surface area contributed by atoms with Gasteiger partial charge >= 0.3 is 0 Å². The zero-order valence-electron chi connectivity index (χ0n) is 42.8. The molecule has 13 nitrogen and oxygen atoms in total. The molecule has 0 spiro atoms. The predicted molar refractivity (Wildman–Crippen MR) is 296 cm³/mol. The van der Waals surface area contributed by atoms with Gasteiger partial charge in [0.05, 0.1) is 40.3 Å². The van der Waals surface area contributed by atoms with Crippen molar-refractivity contribution in [1.29, 1.82) is 0 Å². The van der Waals surface area contributed by atoms with Gasteiger partial charge in [-0.2, -0.15) is 4.57 Å². The van der Waals surface area contributed by atoms with Crippen LogP contribution in [-0.2, 0) is 25.6 Å². The average molecular weight is 1240 g/mol. The Hall–Kier alpha value is -6.02. The van der Waals surface area contributed by atoms with Crippen LogP contribution in [0.1, 0.15) is 77.0 Å². The molecule has 6 aromatic carbocycles. The smallest absolute Gasteiger partial charge is 0.273 e. The van der Waals surface area contributed by atoms with Crippen LogP contribution in [-0.4, -0.2) is 57.9 Å². The zero-order valence-corrected chi connectivity index (χ0v) is 47.2. The number of nitrogen functional groups attached to an aromatic ring is 4. The average Bonchev–Trinajstić information content (AvgIpc) is 3.39. The second kappa shape index (κ2) is 29.9. The maximum atomic E-state index is 12.6. The minimum Gasteiger partial charge on any atom is -1.00 e. The second-order valence-electron chi connectivity index (χ2n) is 18.8. The summed E-state index contributed by atoms with van der Waals surface area (Å²) in [5, 5.41) is 12.6. The normalized spacial score (nSPS) is 11.1. The minimum atomic E-state index is 0. The molecule has 2 aromatic heterocycles. The highest BCUT2D eigenvalue weighted by atomic mass is 127. The van der Waals surface area contributed by atoms with E-state index in [0.29, 0.717) is 76.8 Å². The van der Waals surface area contributed by atoms with Crippen molar-refractivity contribution in [2.24, 2.45) is 0 Å². The van der Waals surface area contributed by atoms with Gasteiger partial charge in [-0.05, 0) is 118 Å². The largest absolute Gasteiger partial charge is 1.00 e. The minimum absolute atomic E-state index is 0. The number of hydrogen-bond donors (Lipinski definition) is 6. The van der Waals surface area contributed by atoms with E-state index in [0.717, 1.165) is 142 Å². The molecule has 0 bridgehead atoms. The molecule has 0 aliphatic rings. The van der Waals surface area contributed by atoms with Gasteiger partial charge in [0.2, 0.25) is 23.0 Å². The quantitative estimate of drug-likeness (QED) is 0.0140. The van der Waals surface area contributed by atoms with Crippen molar-refractivity contribution in [3.05, 3.63) is 133 Å². The molecule has 0 saturated heterocycles. The molecule has 0 saturated carbocycles. The molecule has 0 aliphatic carbocycles. The van der Waals surface area contributed by atoms with Crippen LogP contribution in [0.3, 0.4) is 0 Å². The molecule has 15 heteroatoms. The van der Waals surface area contributed by atoms with Crippen molar-refractivity contribution >= 4 is 77.9 Å². The van der Waals surface area contributed by atoms with Gasteiger partial charge in [-0.15, -0.1) is 0 Å². The molecule has 0 aliphatic heterocycles. The van der Waals surface area contributed by atoms with Crippen molar-refractivity contribution in [1.82, 2.24) is 10.6 Å². The number of halogens is 2. The lowest BCUT2D eigenvalue weighted by atomic mass is 9.98. The van der Waals surface area contributed by atoms with Crippen LogP contribution >= 0.6 is 0 Å². The Kier molecular flexibility index (Phi) is 23.2. The summed E-state index contributed by atoms with van der Waals surface area (Å²) >= 11 is 0. The van der Waals surface area contributed by atoms with E-state index in [-0.39, 0.29) is 59.8 Å². The van der Waals surface area contributed by atoms with E-state index in [2.05, 4.69) is 81.9 Å². The number of amides is 2. The Morgan fingerprint density at radius 3 is 1.48 bits per heavy atom. The molecule has 2 heterocycles. The summed E-state index contributed by atoms with van der Waals surface area (Å²) in [6, 6.07) is 44.6. The van der Waals surface area contributed by atoms with Gasteiger partial charge in [0, 0.05) is 102 Å². The van der Waals surface area contributed by atoms with E-state index in [1.807, 2.05) is 71.5 Å². The SMILES string of the molecule is Nc1ccc2c(c1)c(-c1ccccc1)[n+](CCCCCC(=O)NCCCOCCOCCCCCCNC(=O)CCCCO[n+]1c(-c3ccccc3)c3cc(N)ccc3c3ccc(N)cc31)c1cc(N)ccc21.[I-].[I-]. The second-order valence-corrected chi connectivity index (χ2v) is 18.8. The number of fused-ring (bicyclic) bond motifs is 6. The first-order valence-electron chi connectivity index (χ1n) is 26.1. The summed E-state index contributed by atoms with van der Waals surface area (Å²) in [7, 11) is 0. The van der Waals surface area contributed by atoms with Crippen LogP contribution in [0.4, 0.5) is 22.7 Å².